The number of hydrogen-bond acceptors (Lipinski definition) is 3. The summed E-state index contributed by atoms with van der Waals surface area (Å²) >= 11 is 0. The lowest BCUT2D eigenvalue weighted by Crippen LogP contribution is -2.56. The zero-order valence-electron chi connectivity index (χ0n) is 10.4. The van der Waals surface area contributed by atoms with E-state index < -0.39 is 0 Å². The Morgan fingerprint density at radius 3 is 3.00 bits per heavy atom. The van der Waals surface area contributed by atoms with Gasteiger partial charge in [0.05, 0.1) is 11.6 Å². The minimum Gasteiger partial charge on any atom is -0.393 e. The number of hydrogen-bond donors (Lipinski definition) is 1. The van der Waals surface area contributed by atoms with Gasteiger partial charge in [0.25, 0.3) is 0 Å². The first kappa shape index (κ1) is 12.1. The number of carbonyl (C=O) groups is 1. The quantitative estimate of drug-likeness (QED) is 0.792. The van der Waals surface area contributed by atoms with Gasteiger partial charge in [-0.15, -0.1) is 0 Å². The number of carbonyl (C=O) groups excluding carboxylic acids is 1. The van der Waals surface area contributed by atoms with Gasteiger partial charge in [-0.3, -0.25) is 9.69 Å². The Bertz CT molecular complexity index is 279. The van der Waals surface area contributed by atoms with Crippen LogP contribution < -0.4 is 0 Å². The van der Waals surface area contributed by atoms with E-state index in [0.717, 1.165) is 32.1 Å². The second-order valence-electron chi connectivity index (χ2n) is 5.46. The molecule has 3 atom stereocenters. The fourth-order valence-corrected chi connectivity index (χ4v) is 3.45. The summed E-state index contributed by atoms with van der Waals surface area (Å²) < 4.78 is 0. The van der Waals surface area contributed by atoms with Gasteiger partial charge in [-0.05, 0) is 39.2 Å². The average molecular weight is 225 g/mol. The van der Waals surface area contributed by atoms with Crippen LogP contribution in [0.1, 0.15) is 51.9 Å². The Kier molecular flexibility index (Phi) is 3.36. The van der Waals surface area contributed by atoms with Gasteiger partial charge in [0.15, 0.2) is 5.78 Å². The highest BCUT2D eigenvalue weighted by atomic mass is 16.3. The molecule has 0 aromatic heterocycles. The van der Waals surface area contributed by atoms with Crippen molar-refractivity contribution in [1.82, 2.24) is 4.90 Å². The molecule has 0 aromatic carbocycles. The predicted molar refractivity (Wildman–Crippen MR) is 63.3 cm³/mol. The maximum absolute atomic E-state index is 12.3. The smallest absolute Gasteiger partial charge is 0.153 e. The molecular weight excluding hydrogens is 202 g/mol. The van der Waals surface area contributed by atoms with Crippen molar-refractivity contribution >= 4 is 5.78 Å². The standard InChI is InChI=1S/C13H23NO2/c1-3-4-5-12(16)13-7-6-10(14(13)2)8-11(15)9-13/h10-11,15H,3-9H2,1-2H3. The summed E-state index contributed by atoms with van der Waals surface area (Å²) in [5.74, 6) is 0.359. The van der Waals surface area contributed by atoms with Crippen molar-refractivity contribution in [2.45, 2.75) is 69.6 Å². The Morgan fingerprint density at radius 1 is 1.56 bits per heavy atom. The third kappa shape index (κ3) is 1.80. The Balaban J connectivity index is 2.12. The number of aliphatic hydroxyl groups is 1. The molecule has 2 rings (SSSR count). The van der Waals surface area contributed by atoms with E-state index in [4.69, 9.17) is 0 Å². The molecule has 2 saturated heterocycles. The highest BCUT2D eigenvalue weighted by molar-refractivity contribution is 5.89. The van der Waals surface area contributed by atoms with E-state index in [2.05, 4.69) is 18.9 Å². The molecule has 16 heavy (non-hydrogen) atoms. The van der Waals surface area contributed by atoms with Crippen molar-refractivity contribution in [3.05, 3.63) is 0 Å². The highest BCUT2D eigenvalue weighted by Crippen LogP contribution is 2.44. The number of fused-ring (bicyclic) bond motifs is 2. The summed E-state index contributed by atoms with van der Waals surface area (Å²) in [7, 11) is 2.06. The van der Waals surface area contributed by atoms with Crippen LogP contribution in [0, 0.1) is 0 Å². The average Bonchev–Trinajstić information content (AvgIpc) is 2.49. The van der Waals surface area contributed by atoms with Crippen LogP contribution in [0.3, 0.4) is 0 Å². The molecule has 0 spiro atoms. The molecule has 0 amide bonds. The normalized spacial score (nSPS) is 38.9. The lowest BCUT2D eigenvalue weighted by molar-refractivity contribution is -0.134. The van der Waals surface area contributed by atoms with Crippen molar-refractivity contribution < 1.29 is 9.90 Å². The third-order valence-corrected chi connectivity index (χ3v) is 4.51. The Labute approximate surface area is 97.8 Å². The molecule has 3 unspecified atom stereocenters. The van der Waals surface area contributed by atoms with Crippen LogP contribution in [0.25, 0.3) is 0 Å². The molecule has 92 valence electrons. The van der Waals surface area contributed by atoms with Gasteiger partial charge in [0.2, 0.25) is 0 Å². The summed E-state index contributed by atoms with van der Waals surface area (Å²) in [5.41, 5.74) is -0.322. The van der Waals surface area contributed by atoms with Crippen molar-refractivity contribution in [3.63, 3.8) is 0 Å². The first-order valence-corrected chi connectivity index (χ1v) is 6.54. The number of likely N-dealkylation sites (N-methyl/N-ethyl adjacent to an activating group) is 1. The van der Waals surface area contributed by atoms with Crippen LogP contribution in [0.4, 0.5) is 0 Å². The molecule has 2 aliphatic rings. The van der Waals surface area contributed by atoms with Gasteiger partial charge in [-0.25, -0.2) is 0 Å². The molecule has 0 radical (unpaired) electrons. The molecule has 2 bridgehead atoms. The largest absolute Gasteiger partial charge is 0.393 e. The van der Waals surface area contributed by atoms with E-state index in [1.807, 2.05) is 0 Å². The number of unbranched alkanes of at least 4 members (excludes halogenated alkanes) is 1. The molecule has 3 nitrogen and oxygen atoms in total. The molecule has 0 aliphatic carbocycles. The Morgan fingerprint density at radius 2 is 2.31 bits per heavy atom. The third-order valence-electron chi connectivity index (χ3n) is 4.51. The lowest BCUT2D eigenvalue weighted by Gasteiger charge is -2.43. The minimum absolute atomic E-state index is 0.269. The molecule has 0 aromatic rings. The van der Waals surface area contributed by atoms with E-state index in [9.17, 15) is 9.90 Å². The summed E-state index contributed by atoms with van der Waals surface area (Å²) in [4.78, 5) is 14.6. The van der Waals surface area contributed by atoms with Crippen LogP contribution in [0.2, 0.25) is 0 Å². The first-order valence-electron chi connectivity index (χ1n) is 6.54. The van der Waals surface area contributed by atoms with E-state index in [-0.39, 0.29) is 11.6 Å². The number of ketones is 1. The molecule has 3 heteroatoms. The summed E-state index contributed by atoms with van der Waals surface area (Å²) in [5, 5.41) is 9.87. The summed E-state index contributed by atoms with van der Waals surface area (Å²) in [6.07, 6.45) is 5.99. The fourth-order valence-electron chi connectivity index (χ4n) is 3.45. The SMILES string of the molecule is CCCCC(=O)C12CCC(CC(O)C1)N2C. The van der Waals surface area contributed by atoms with Gasteiger partial charge in [0.1, 0.15) is 0 Å². The van der Waals surface area contributed by atoms with Gasteiger partial charge < -0.3 is 5.11 Å². The van der Waals surface area contributed by atoms with Gasteiger partial charge in [-0.2, -0.15) is 0 Å². The molecule has 2 heterocycles. The number of rotatable bonds is 4. The Hall–Kier alpha value is -0.410. The summed E-state index contributed by atoms with van der Waals surface area (Å²) in [6, 6.07) is 0.425. The predicted octanol–water partition coefficient (Wildman–Crippen LogP) is 1.73. The van der Waals surface area contributed by atoms with Crippen LogP contribution in [-0.2, 0) is 4.79 Å². The highest BCUT2D eigenvalue weighted by Gasteiger charge is 2.53. The first-order chi connectivity index (χ1) is 7.60. The van der Waals surface area contributed by atoms with Crippen molar-refractivity contribution in [3.8, 4) is 0 Å². The van der Waals surface area contributed by atoms with Crippen molar-refractivity contribution in [1.29, 1.82) is 0 Å². The van der Waals surface area contributed by atoms with Crippen molar-refractivity contribution in [2.75, 3.05) is 7.05 Å². The van der Waals surface area contributed by atoms with E-state index in [1.165, 1.54) is 0 Å². The van der Waals surface area contributed by atoms with E-state index >= 15 is 0 Å². The number of nitrogens with zero attached hydrogens (tertiary/aromatic N) is 1. The van der Waals surface area contributed by atoms with E-state index in [0.29, 0.717) is 24.7 Å². The van der Waals surface area contributed by atoms with Gasteiger partial charge in [-0.1, -0.05) is 13.3 Å². The number of piperidine rings is 1. The maximum atomic E-state index is 12.3. The van der Waals surface area contributed by atoms with Crippen LogP contribution >= 0.6 is 0 Å². The fraction of sp³-hybridized carbons (Fsp3) is 0.923. The zero-order chi connectivity index (χ0) is 11.8. The minimum atomic E-state index is -0.322. The second kappa shape index (κ2) is 4.46. The molecule has 2 fully saturated rings. The molecule has 2 aliphatic heterocycles. The number of aliphatic hydroxyl groups excluding tert-OH is 1. The van der Waals surface area contributed by atoms with Gasteiger partial charge >= 0.3 is 0 Å². The van der Waals surface area contributed by atoms with Gasteiger partial charge in [0, 0.05) is 12.5 Å². The molecule has 0 saturated carbocycles. The zero-order valence-corrected chi connectivity index (χ0v) is 10.4. The maximum Gasteiger partial charge on any atom is 0.153 e. The van der Waals surface area contributed by atoms with Crippen LogP contribution in [-0.4, -0.2) is 40.5 Å². The summed E-state index contributed by atoms with van der Waals surface area (Å²) in [6.45, 7) is 2.11. The molecular formula is C13H23NO2. The van der Waals surface area contributed by atoms with E-state index in [1.54, 1.807) is 0 Å². The topological polar surface area (TPSA) is 40.5 Å². The van der Waals surface area contributed by atoms with Crippen LogP contribution in [0.5, 0.6) is 0 Å². The number of Topliss-reactive ketones (excluding diaryl/α,β-unsaturated/α-hetero) is 1. The second-order valence-corrected chi connectivity index (χ2v) is 5.46. The molecule has 1 N–H and O–H groups in total. The lowest BCUT2D eigenvalue weighted by atomic mass is 9.81. The van der Waals surface area contributed by atoms with Crippen molar-refractivity contribution in [2.24, 2.45) is 0 Å². The van der Waals surface area contributed by atoms with Crippen LogP contribution in [0.15, 0.2) is 0 Å². The monoisotopic (exact) mass is 225 g/mol.